The molecule has 0 aliphatic carbocycles. The Morgan fingerprint density at radius 2 is 0.809 bits per heavy atom. The van der Waals surface area contributed by atoms with Crippen LogP contribution in [0.25, 0.3) is 11.6 Å². The number of nitrogens with zero attached hydrogens (tertiary/aromatic N) is 1. The third-order valence-electron chi connectivity index (χ3n) is 12.9. The van der Waals surface area contributed by atoms with E-state index in [1.165, 1.54) is 160 Å². The van der Waals surface area contributed by atoms with Crippen molar-refractivity contribution in [3.8, 4) is 29.1 Å². The molecule has 0 aliphatic rings. The lowest BCUT2D eigenvalue weighted by Crippen LogP contribution is -2.07. The SMILES string of the molecule is C=CC(=O)OCCCCCCCOc1ccc(/C=C(\C#N)c2cc(OCCCCCCCCCCCC)c(OCCCCCCCCCCCC)c(OCCCCCCCCCCCC)c2)cc1. The van der Waals surface area contributed by atoms with Gasteiger partial charge in [-0.05, 0) is 73.6 Å². The fourth-order valence-electron chi connectivity index (χ4n) is 8.56. The minimum absolute atomic E-state index is 0.361. The number of nitriles is 1. The lowest BCUT2D eigenvalue weighted by Gasteiger charge is -2.19. The zero-order valence-electron chi connectivity index (χ0n) is 44.0. The number of carbonyl (C=O) groups is 1. The van der Waals surface area contributed by atoms with Crippen molar-refractivity contribution in [1.29, 1.82) is 5.26 Å². The molecule has 0 saturated heterocycles. The molecule has 2 rings (SSSR count). The van der Waals surface area contributed by atoms with Gasteiger partial charge >= 0.3 is 5.97 Å². The molecule has 384 valence electrons. The minimum Gasteiger partial charge on any atom is -0.494 e. The molecule has 0 aliphatic heterocycles. The van der Waals surface area contributed by atoms with E-state index in [0.717, 1.165) is 87.5 Å². The first kappa shape index (κ1) is 60.2. The van der Waals surface area contributed by atoms with E-state index >= 15 is 0 Å². The number of allylic oxidation sites excluding steroid dienone is 1. The third-order valence-corrected chi connectivity index (χ3v) is 12.9. The van der Waals surface area contributed by atoms with E-state index in [-0.39, 0.29) is 5.97 Å². The molecular weight excluding hydrogens is 843 g/mol. The molecule has 0 N–H and O–H groups in total. The van der Waals surface area contributed by atoms with Crippen LogP contribution in [-0.2, 0) is 9.53 Å². The number of unbranched alkanes of at least 4 members (excludes halogenated alkanes) is 31. The van der Waals surface area contributed by atoms with Crippen molar-refractivity contribution in [3.05, 3.63) is 60.2 Å². The first-order chi connectivity index (χ1) is 33.6. The summed E-state index contributed by atoms with van der Waals surface area (Å²) in [5.41, 5.74) is 2.24. The zero-order chi connectivity index (χ0) is 48.8. The highest BCUT2D eigenvalue weighted by atomic mass is 16.5. The number of rotatable bonds is 48. The van der Waals surface area contributed by atoms with Crippen LogP contribution in [0.3, 0.4) is 0 Å². The van der Waals surface area contributed by atoms with Gasteiger partial charge in [-0.25, -0.2) is 4.79 Å². The maximum absolute atomic E-state index is 11.2. The maximum Gasteiger partial charge on any atom is 0.330 e. The van der Waals surface area contributed by atoms with Gasteiger partial charge in [-0.15, -0.1) is 0 Å². The van der Waals surface area contributed by atoms with Crippen molar-refractivity contribution < 1.29 is 28.5 Å². The van der Waals surface area contributed by atoms with Crippen LogP contribution in [-0.4, -0.2) is 39.0 Å². The molecule has 0 fully saturated rings. The lowest BCUT2D eigenvalue weighted by molar-refractivity contribution is -0.137. The van der Waals surface area contributed by atoms with Crippen LogP contribution in [0.4, 0.5) is 0 Å². The Bertz CT molecular complexity index is 1530. The number of esters is 1. The van der Waals surface area contributed by atoms with Crippen molar-refractivity contribution in [2.75, 3.05) is 33.0 Å². The van der Waals surface area contributed by atoms with E-state index in [4.69, 9.17) is 23.7 Å². The topological polar surface area (TPSA) is 87.0 Å². The van der Waals surface area contributed by atoms with Gasteiger partial charge in [0.25, 0.3) is 0 Å². The molecule has 0 unspecified atom stereocenters. The highest BCUT2D eigenvalue weighted by molar-refractivity contribution is 5.91. The van der Waals surface area contributed by atoms with E-state index < -0.39 is 0 Å². The Morgan fingerprint density at radius 1 is 0.471 bits per heavy atom. The van der Waals surface area contributed by atoms with E-state index in [2.05, 4.69) is 33.4 Å². The van der Waals surface area contributed by atoms with Gasteiger partial charge in [-0.1, -0.05) is 232 Å². The van der Waals surface area contributed by atoms with Gasteiger partial charge in [0.1, 0.15) is 5.75 Å². The summed E-state index contributed by atoms with van der Waals surface area (Å²) >= 11 is 0. The quantitative estimate of drug-likeness (QED) is 0.0215. The summed E-state index contributed by atoms with van der Waals surface area (Å²) < 4.78 is 31.0. The number of ether oxygens (including phenoxy) is 5. The number of benzene rings is 2. The van der Waals surface area contributed by atoms with Crippen LogP contribution in [0, 0.1) is 11.3 Å². The van der Waals surface area contributed by atoms with Gasteiger partial charge in [0.2, 0.25) is 5.75 Å². The average molecular weight is 942 g/mol. The molecule has 0 radical (unpaired) electrons. The second-order valence-electron chi connectivity index (χ2n) is 19.1. The van der Waals surface area contributed by atoms with Gasteiger partial charge in [0.05, 0.1) is 44.7 Å². The highest BCUT2D eigenvalue weighted by Gasteiger charge is 2.18. The highest BCUT2D eigenvalue weighted by Crippen LogP contribution is 2.41. The van der Waals surface area contributed by atoms with Gasteiger partial charge in [0, 0.05) is 6.08 Å². The molecule has 2 aromatic rings. The first-order valence-electron chi connectivity index (χ1n) is 28.3. The van der Waals surface area contributed by atoms with Crippen molar-refractivity contribution in [2.24, 2.45) is 0 Å². The van der Waals surface area contributed by atoms with Crippen LogP contribution < -0.4 is 18.9 Å². The van der Waals surface area contributed by atoms with Gasteiger partial charge in [0.15, 0.2) is 11.5 Å². The van der Waals surface area contributed by atoms with Crippen LogP contribution >= 0.6 is 0 Å². The summed E-state index contributed by atoms with van der Waals surface area (Å²) in [7, 11) is 0. The Morgan fingerprint density at radius 3 is 1.18 bits per heavy atom. The van der Waals surface area contributed by atoms with E-state index in [1.54, 1.807) is 0 Å². The van der Waals surface area contributed by atoms with E-state index in [9.17, 15) is 10.1 Å². The first-order valence-corrected chi connectivity index (χ1v) is 28.3. The standard InChI is InChI=1S/C61H99NO6/c1-5-9-12-15-18-21-24-27-31-37-46-65-58-51-55(56(53-62)50-54-41-43-57(44-42-54)64-45-36-34-30-35-39-48-67-60(63)8-4)52-59(66-47-38-32-28-25-22-19-16-13-10-6-2)61(58)68-49-40-33-29-26-23-20-17-14-11-7-3/h8,41-44,50-52H,4-7,9-40,45-49H2,1-3H3/b56-50+. The Labute approximate surface area is 417 Å². The molecule has 0 amide bonds. The largest absolute Gasteiger partial charge is 0.494 e. The summed E-state index contributed by atoms with van der Waals surface area (Å²) in [6.07, 6.45) is 46.2. The monoisotopic (exact) mass is 942 g/mol. The normalized spacial score (nSPS) is 11.4. The van der Waals surface area contributed by atoms with Crippen molar-refractivity contribution in [2.45, 2.75) is 245 Å². The summed E-state index contributed by atoms with van der Waals surface area (Å²) in [5.74, 6) is 2.47. The second-order valence-corrected chi connectivity index (χ2v) is 19.1. The molecule has 7 heteroatoms. The predicted octanol–water partition coefficient (Wildman–Crippen LogP) is 18.7. The van der Waals surface area contributed by atoms with Crippen molar-refractivity contribution in [3.63, 3.8) is 0 Å². The minimum atomic E-state index is -0.361. The molecule has 0 bridgehead atoms. The Balaban J connectivity index is 2.16. The summed E-state index contributed by atoms with van der Waals surface area (Å²) in [4.78, 5) is 11.2. The smallest absolute Gasteiger partial charge is 0.330 e. The third kappa shape index (κ3) is 32.0. The predicted molar refractivity (Wildman–Crippen MR) is 288 cm³/mol. The molecule has 2 aromatic carbocycles. The molecule has 0 heterocycles. The molecule has 0 atom stereocenters. The van der Waals surface area contributed by atoms with Crippen LogP contribution in [0.15, 0.2) is 49.1 Å². The van der Waals surface area contributed by atoms with Crippen LogP contribution in [0.5, 0.6) is 23.0 Å². The molecule has 68 heavy (non-hydrogen) atoms. The molecule has 7 nitrogen and oxygen atoms in total. The number of carbonyl (C=O) groups excluding carboxylic acids is 1. The van der Waals surface area contributed by atoms with Crippen LogP contribution in [0.2, 0.25) is 0 Å². The summed E-state index contributed by atoms with van der Waals surface area (Å²) in [6, 6.07) is 14.4. The fraction of sp³-hybridized carbons (Fsp3) is 0.705. The summed E-state index contributed by atoms with van der Waals surface area (Å²) in [5, 5.41) is 10.6. The van der Waals surface area contributed by atoms with Gasteiger partial charge in [-0.2, -0.15) is 5.26 Å². The maximum atomic E-state index is 11.2. The number of hydrogen-bond acceptors (Lipinski definition) is 7. The van der Waals surface area contributed by atoms with Gasteiger partial charge in [-0.3, -0.25) is 0 Å². The zero-order valence-corrected chi connectivity index (χ0v) is 44.0. The average Bonchev–Trinajstić information content (AvgIpc) is 3.35. The molecular formula is C61H99NO6. The molecule has 0 spiro atoms. The van der Waals surface area contributed by atoms with Gasteiger partial charge < -0.3 is 23.7 Å². The van der Waals surface area contributed by atoms with E-state index in [0.29, 0.717) is 55.9 Å². The van der Waals surface area contributed by atoms with Crippen molar-refractivity contribution in [1.82, 2.24) is 0 Å². The van der Waals surface area contributed by atoms with Crippen molar-refractivity contribution >= 4 is 17.6 Å². The van der Waals surface area contributed by atoms with Crippen LogP contribution in [0.1, 0.15) is 257 Å². The Kier molecular flexibility index (Phi) is 39.2. The Hall–Kier alpha value is -3.92. The molecule has 0 aromatic heterocycles. The lowest BCUT2D eigenvalue weighted by atomic mass is 10.0. The fourth-order valence-corrected chi connectivity index (χ4v) is 8.56. The summed E-state index contributed by atoms with van der Waals surface area (Å²) in [6.45, 7) is 13.2. The second kappa shape index (κ2) is 44.3. The van der Waals surface area contributed by atoms with E-state index in [1.807, 2.05) is 42.5 Å². The molecule has 0 saturated carbocycles. The number of hydrogen-bond donors (Lipinski definition) is 0.